The Bertz CT molecular complexity index is 1100. The molecule has 1 saturated carbocycles. The van der Waals surface area contributed by atoms with E-state index in [9.17, 15) is 19.5 Å². The van der Waals surface area contributed by atoms with Crippen LogP contribution in [0.15, 0.2) is 48.5 Å². The highest BCUT2D eigenvalue weighted by Crippen LogP contribution is 2.44. The van der Waals surface area contributed by atoms with Crippen molar-refractivity contribution < 1.29 is 29.0 Å². The Morgan fingerprint density at radius 1 is 1.09 bits per heavy atom. The van der Waals surface area contributed by atoms with E-state index in [1.54, 1.807) is 0 Å². The molecule has 0 aromatic heterocycles. The van der Waals surface area contributed by atoms with Crippen molar-refractivity contribution in [1.29, 1.82) is 0 Å². The monoisotopic (exact) mass is 478 g/mol. The molecule has 8 heteroatoms. The van der Waals surface area contributed by atoms with Crippen molar-refractivity contribution in [3.63, 3.8) is 0 Å². The summed E-state index contributed by atoms with van der Waals surface area (Å²) in [5, 5.41) is 12.3. The fraction of sp³-hybridized carbons (Fsp3) is 0.444. The molecule has 0 spiro atoms. The van der Waals surface area contributed by atoms with Gasteiger partial charge in [0.05, 0.1) is 6.54 Å². The van der Waals surface area contributed by atoms with Gasteiger partial charge in [-0.25, -0.2) is 9.59 Å². The average Bonchev–Trinajstić information content (AvgIpc) is 3.47. The fourth-order valence-corrected chi connectivity index (χ4v) is 5.31. The summed E-state index contributed by atoms with van der Waals surface area (Å²) in [6.07, 6.45) is 2.14. The first-order valence-electron chi connectivity index (χ1n) is 12.1. The maximum atomic E-state index is 13.3. The number of benzene rings is 2. The maximum Gasteiger partial charge on any atom is 0.407 e. The summed E-state index contributed by atoms with van der Waals surface area (Å²) in [4.78, 5) is 39.3. The molecule has 8 nitrogen and oxygen atoms in total. The number of aliphatic carboxylic acids is 1. The Labute approximate surface area is 204 Å². The minimum absolute atomic E-state index is 0.0365. The summed E-state index contributed by atoms with van der Waals surface area (Å²) < 4.78 is 10.9. The predicted molar refractivity (Wildman–Crippen MR) is 128 cm³/mol. The van der Waals surface area contributed by atoms with Crippen LogP contribution in [0.5, 0.6) is 0 Å². The lowest BCUT2D eigenvalue weighted by Gasteiger charge is -2.26. The van der Waals surface area contributed by atoms with Crippen LogP contribution in [-0.4, -0.2) is 66.4 Å². The number of hydrogen-bond donors (Lipinski definition) is 2. The van der Waals surface area contributed by atoms with Crippen LogP contribution >= 0.6 is 0 Å². The topological polar surface area (TPSA) is 105 Å². The van der Waals surface area contributed by atoms with Crippen molar-refractivity contribution >= 4 is 18.0 Å². The molecular weight excluding hydrogens is 448 g/mol. The zero-order valence-corrected chi connectivity index (χ0v) is 19.7. The molecule has 2 aromatic rings. The van der Waals surface area contributed by atoms with E-state index in [-0.39, 0.29) is 37.9 Å². The van der Waals surface area contributed by atoms with Crippen LogP contribution in [0.1, 0.15) is 42.7 Å². The van der Waals surface area contributed by atoms with Crippen molar-refractivity contribution in [2.24, 2.45) is 5.92 Å². The van der Waals surface area contributed by atoms with E-state index in [4.69, 9.17) is 9.47 Å². The van der Waals surface area contributed by atoms with Gasteiger partial charge in [0, 0.05) is 26.0 Å². The minimum atomic E-state index is -1.40. The van der Waals surface area contributed by atoms with E-state index in [0.29, 0.717) is 12.3 Å². The molecule has 0 radical (unpaired) electrons. The number of nitrogens with zero attached hydrogens (tertiary/aromatic N) is 1. The van der Waals surface area contributed by atoms with Crippen LogP contribution in [0, 0.1) is 5.92 Å². The Kier molecular flexibility index (Phi) is 6.23. The first-order valence-corrected chi connectivity index (χ1v) is 12.1. The number of hydrogen-bond acceptors (Lipinski definition) is 5. The molecule has 2 N–H and O–H groups in total. The average molecular weight is 479 g/mol. The van der Waals surface area contributed by atoms with Gasteiger partial charge in [-0.3, -0.25) is 4.79 Å². The van der Waals surface area contributed by atoms with Crippen molar-refractivity contribution in [1.82, 2.24) is 10.2 Å². The number of ether oxygens (including phenoxy) is 2. The normalized spacial score (nSPS) is 21.8. The Morgan fingerprint density at radius 2 is 1.71 bits per heavy atom. The minimum Gasteiger partial charge on any atom is -0.479 e. The van der Waals surface area contributed by atoms with E-state index in [2.05, 4.69) is 29.6 Å². The van der Waals surface area contributed by atoms with Crippen LogP contribution in [0.25, 0.3) is 11.1 Å². The number of carboxylic acids is 1. The van der Waals surface area contributed by atoms with Gasteiger partial charge in [-0.15, -0.1) is 0 Å². The number of likely N-dealkylation sites (tertiary alicyclic amines) is 1. The lowest BCUT2D eigenvalue weighted by atomic mass is 9.98. The number of amides is 2. The second kappa shape index (κ2) is 9.34. The number of methoxy groups -OCH3 is 1. The number of rotatable bonds is 8. The van der Waals surface area contributed by atoms with E-state index < -0.39 is 23.7 Å². The Morgan fingerprint density at radius 3 is 2.26 bits per heavy atom. The van der Waals surface area contributed by atoms with Gasteiger partial charge in [-0.05, 0) is 34.6 Å². The number of carbonyl (C=O) groups is 3. The summed E-state index contributed by atoms with van der Waals surface area (Å²) in [6.45, 7) is 0.400. The molecule has 2 fully saturated rings. The number of carbonyl (C=O) groups excluding carboxylic acids is 2. The number of fused-ring (bicyclic) bond motifs is 3. The van der Waals surface area contributed by atoms with Gasteiger partial charge >= 0.3 is 12.1 Å². The second-order valence-electron chi connectivity index (χ2n) is 9.71. The molecule has 35 heavy (non-hydrogen) atoms. The molecule has 3 aliphatic rings. The molecular formula is C27H30N2O6. The van der Waals surface area contributed by atoms with Crippen molar-refractivity contribution in [2.45, 2.75) is 43.2 Å². The van der Waals surface area contributed by atoms with Crippen molar-refractivity contribution in [2.75, 3.05) is 26.8 Å². The zero-order chi connectivity index (χ0) is 24.6. The van der Waals surface area contributed by atoms with Crippen molar-refractivity contribution in [3.8, 4) is 11.1 Å². The first-order chi connectivity index (χ1) is 16.9. The summed E-state index contributed by atoms with van der Waals surface area (Å²) in [5.41, 5.74) is 3.13. The molecule has 2 aromatic carbocycles. The van der Waals surface area contributed by atoms with Crippen molar-refractivity contribution in [3.05, 3.63) is 59.7 Å². The van der Waals surface area contributed by atoms with Gasteiger partial charge in [0.1, 0.15) is 12.6 Å². The highest BCUT2D eigenvalue weighted by molar-refractivity contribution is 5.88. The molecule has 5 rings (SSSR count). The summed E-state index contributed by atoms with van der Waals surface area (Å²) in [7, 11) is 1.35. The molecule has 1 saturated heterocycles. The highest BCUT2D eigenvalue weighted by Gasteiger charge is 2.48. The first kappa shape index (κ1) is 23.4. The molecule has 2 atom stereocenters. The van der Waals surface area contributed by atoms with Gasteiger partial charge in [-0.1, -0.05) is 61.4 Å². The Hall–Kier alpha value is -3.39. The third kappa shape index (κ3) is 4.50. The quantitative estimate of drug-likeness (QED) is 0.603. The molecule has 2 unspecified atom stereocenters. The number of carboxylic acid groups (broad SMARTS) is 1. The summed E-state index contributed by atoms with van der Waals surface area (Å²) >= 11 is 0. The molecule has 2 aliphatic carbocycles. The lowest BCUT2D eigenvalue weighted by Crippen LogP contribution is -2.51. The molecule has 184 valence electrons. The van der Waals surface area contributed by atoms with E-state index >= 15 is 0 Å². The molecule has 1 aliphatic heterocycles. The van der Waals surface area contributed by atoms with E-state index in [1.165, 1.54) is 12.0 Å². The van der Waals surface area contributed by atoms with E-state index in [1.807, 2.05) is 24.3 Å². The van der Waals surface area contributed by atoms with Gasteiger partial charge in [0.25, 0.3) is 0 Å². The smallest absolute Gasteiger partial charge is 0.407 e. The standard InChI is InChI=1S/C27H30N2O6/c1-34-27(25(31)32)12-13-29(16-27)24(30)23(14-17-10-11-17)28-26(33)35-15-22-20-8-4-2-6-18(20)19-7-3-5-9-21(19)22/h2-9,17,22-23H,10-16H2,1H3,(H,28,33)(H,31,32). The fourth-order valence-electron chi connectivity index (χ4n) is 5.31. The molecule has 0 bridgehead atoms. The highest BCUT2D eigenvalue weighted by atomic mass is 16.5. The van der Waals surface area contributed by atoms with Crippen LogP contribution in [0.4, 0.5) is 4.79 Å². The molecule has 2 amide bonds. The van der Waals surface area contributed by atoms with Gasteiger partial charge in [0.2, 0.25) is 5.91 Å². The van der Waals surface area contributed by atoms with Gasteiger partial charge in [-0.2, -0.15) is 0 Å². The maximum absolute atomic E-state index is 13.3. The van der Waals surface area contributed by atoms with E-state index in [0.717, 1.165) is 35.1 Å². The predicted octanol–water partition coefficient (Wildman–Crippen LogP) is 3.40. The number of alkyl carbamates (subject to hydrolysis) is 1. The summed E-state index contributed by atoms with van der Waals surface area (Å²) in [5.74, 6) is -1.06. The third-order valence-corrected chi connectivity index (χ3v) is 7.52. The largest absolute Gasteiger partial charge is 0.479 e. The Balaban J connectivity index is 1.25. The van der Waals surface area contributed by atoms with Gasteiger partial charge < -0.3 is 24.8 Å². The summed E-state index contributed by atoms with van der Waals surface area (Å²) in [6, 6.07) is 15.5. The van der Waals surface area contributed by atoms with Crippen LogP contribution in [0.3, 0.4) is 0 Å². The zero-order valence-electron chi connectivity index (χ0n) is 19.7. The molecule has 1 heterocycles. The van der Waals surface area contributed by atoms with Crippen LogP contribution in [-0.2, 0) is 19.1 Å². The number of nitrogens with one attached hydrogen (secondary N) is 1. The SMILES string of the molecule is COC1(C(=O)O)CCN(C(=O)C(CC2CC2)NC(=O)OCC2c3ccccc3-c3ccccc32)C1. The van der Waals surface area contributed by atoms with Crippen LogP contribution in [0.2, 0.25) is 0 Å². The lowest BCUT2D eigenvalue weighted by molar-refractivity contribution is -0.161. The second-order valence-corrected chi connectivity index (χ2v) is 9.71. The van der Waals surface area contributed by atoms with Gasteiger partial charge in [0.15, 0.2) is 5.60 Å². The third-order valence-electron chi connectivity index (χ3n) is 7.52. The van der Waals surface area contributed by atoms with Crippen LogP contribution < -0.4 is 5.32 Å².